The van der Waals surface area contributed by atoms with E-state index in [4.69, 9.17) is 4.55 Å². The molecular formula is CH2Cl2O4S. The van der Waals surface area contributed by atoms with Crippen molar-refractivity contribution in [3.63, 3.8) is 0 Å². The van der Waals surface area contributed by atoms with Crippen LogP contribution in [0, 0.1) is 0 Å². The topological polar surface area (TPSA) is 71.4 Å². The molecule has 0 unspecified atom stereocenters. The predicted molar refractivity (Wildman–Crippen MR) is 30.0 cm³/mol. The summed E-state index contributed by atoms with van der Waals surface area (Å²) in [6.45, 7) is 0. The van der Waals surface area contributed by atoms with E-state index in [-0.39, 0.29) is 12.4 Å². The smallest absolute Gasteiger partial charge is 0.279 e. The molecule has 0 heterocycles. The Kier molecular flexibility index (Phi) is 4.46. The molecule has 0 spiro atoms. The molecular weight excluding hydrogens is 179 g/mol. The van der Waals surface area contributed by atoms with Crippen molar-refractivity contribution in [1.29, 1.82) is 0 Å². The lowest BCUT2D eigenvalue weighted by Crippen LogP contribution is -2.02. The van der Waals surface area contributed by atoms with Gasteiger partial charge in [-0.05, 0) is 11.6 Å². The zero-order valence-electron chi connectivity index (χ0n) is 3.37. The van der Waals surface area contributed by atoms with Crippen LogP contribution in [0.25, 0.3) is 0 Å². The Morgan fingerprint density at radius 2 is 1.62 bits per heavy atom. The van der Waals surface area contributed by atoms with Crippen LogP contribution >= 0.6 is 24.0 Å². The third-order valence-corrected chi connectivity index (χ3v) is 1.19. The van der Waals surface area contributed by atoms with Crippen molar-refractivity contribution in [1.82, 2.24) is 0 Å². The zero-order valence-corrected chi connectivity index (χ0v) is 5.76. The number of carbonyl (C=O) groups excluding carboxylic acids is 1. The van der Waals surface area contributed by atoms with Crippen LogP contribution < -0.4 is 0 Å². The van der Waals surface area contributed by atoms with Gasteiger partial charge in [0.1, 0.15) is 0 Å². The van der Waals surface area contributed by atoms with Crippen molar-refractivity contribution in [2.45, 2.75) is 0 Å². The fourth-order valence-electron chi connectivity index (χ4n) is 0. The molecule has 0 aromatic rings. The van der Waals surface area contributed by atoms with Crippen LogP contribution in [-0.2, 0) is 10.1 Å². The number of carbonyl (C=O) groups is 1. The maximum absolute atomic E-state index is 9.41. The minimum atomic E-state index is -4.61. The highest BCUT2D eigenvalue weighted by molar-refractivity contribution is 8.04. The molecule has 0 saturated carbocycles. The van der Waals surface area contributed by atoms with E-state index in [1.54, 1.807) is 0 Å². The third kappa shape index (κ3) is 4.32. The van der Waals surface area contributed by atoms with Gasteiger partial charge in [-0.2, -0.15) is 8.42 Å². The third-order valence-electron chi connectivity index (χ3n) is 0.203. The van der Waals surface area contributed by atoms with Crippen molar-refractivity contribution < 1.29 is 17.8 Å². The second kappa shape index (κ2) is 3.24. The molecule has 0 aliphatic rings. The van der Waals surface area contributed by atoms with E-state index in [2.05, 4.69) is 11.6 Å². The number of halogens is 2. The Labute approximate surface area is 57.0 Å². The van der Waals surface area contributed by atoms with Crippen molar-refractivity contribution in [3.8, 4) is 0 Å². The van der Waals surface area contributed by atoms with E-state index >= 15 is 0 Å². The van der Waals surface area contributed by atoms with Gasteiger partial charge in [0.2, 0.25) is 0 Å². The highest BCUT2D eigenvalue weighted by Crippen LogP contribution is 1.90. The van der Waals surface area contributed by atoms with Gasteiger partial charge in [-0.1, -0.05) is 0 Å². The average molecular weight is 181 g/mol. The summed E-state index contributed by atoms with van der Waals surface area (Å²) in [4.78, 5) is 9.39. The van der Waals surface area contributed by atoms with Gasteiger partial charge < -0.3 is 0 Å². The summed E-state index contributed by atoms with van der Waals surface area (Å²) in [5.41, 5.74) is 0. The molecule has 0 aliphatic carbocycles. The van der Waals surface area contributed by atoms with Gasteiger partial charge >= 0.3 is 14.7 Å². The highest BCUT2D eigenvalue weighted by Gasteiger charge is 2.12. The minimum Gasteiger partial charge on any atom is -0.279 e. The molecule has 50 valence electrons. The fraction of sp³-hybridized carbons (Fsp3) is 0. The van der Waals surface area contributed by atoms with Gasteiger partial charge in [-0.15, -0.1) is 12.4 Å². The van der Waals surface area contributed by atoms with Gasteiger partial charge in [0, 0.05) is 0 Å². The summed E-state index contributed by atoms with van der Waals surface area (Å²) in [5, 5.41) is 0. The van der Waals surface area contributed by atoms with E-state index in [0.29, 0.717) is 0 Å². The first kappa shape index (κ1) is 11.0. The molecule has 0 aromatic carbocycles. The summed E-state index contributed by atoms with van der Waals surface area (Å²) in [5.74, 6) is 0. The maximum atomic E-state index is 9.41. The van der Waals surface area contributed by atoms with Crippen LogP contribution in [0.2, 0.25) is 0 Å². The molecule has 8 heavy (non-hydrogen) atoms. The van der Waals surface area contributed by atoms with Crippen LogP contribution in [0.5, 0.6) is 0 Å². The van der Waals surface area contributed by atoms with Gasteiger partial charge in [-0.3, -0.25) is 9.35 Å². The Morgan fingerprint density at radius 3 is 1.62 bits per heavy atom. The fourth-order valence-corrected chi connectivity index (χ4v) is 0. The Morgan fingerprint density at radius 1 is 1.50 bits per heavy atom. The lowest BCUT2D eigenvalue weighted by atomic mass is 11.8. The average Bonchev–Trinajstić information content (AvgIpc) is 1.31. The molecule has 0 rings (SSSR count). The molecule has 0 atom stereocenters. The maximum Gasteiger partial charge on any atom is 0.363 e. The highest BCUT2D eigenvalue weighted by atomic mass is 35.5. The molecule has 0 radical (unpaired) electrons. The van der Waals surface area contributed by atoms with Gasteiger partial charge in [0.15, 0.2) is 0 Å². The van der Waals surface area contributed by atoms with Crippen LogP contribution in [0.4, 0.5) is 4.79 Å². The normalized spacial score (nSPS) is 9.75. The first-order valence-electron chi connectivity index (χ1n) is 1.11. The first-order valence-corrected chi connectivity index (χ1v) is 2.93. The van der Waals surface area contributed by atoms with E-state index in [0.717, 1.165) is 0 Å². The van der Waals surface area contributed by atoms with Gasteiger partial charge in [-0.25, -0.2) is 0 Å². The van der Waals surface area contributed by atoms with Crippen molar-refractivity contribution >= 4 is 38.7 Å². The van der Waals surface area contributed by atoms with Crippen LogP contribution in [-0.4, -0.2) is 17.5 Å². The van der Waals surface area contributed by atoms with Crippen LogP contribution in [0.15, 0.2) is 0 Å². The summed E-state index contributed by atoms with van der Waals surface area (Å²) in [6.07, 6.45) is 0. The first-order chi connectivity index (χ1) is 2.94. The van der Waals surface area contributed by atoms with E-state index in [1.165, 1.54) is 0 Å². The quantitative estimate of drug-likeness (QED) is 0.440. The molecule has 0 aliphatic heterocycles. The summed E-state index contributed by atoms with van der Waals surface area (Å²) in [6, 6.07) is 0. The van der Waals surface area contributed by atoms with E-state index in [1.807, 2.05) is 0 Å². The van der Waals surface area contributed by atoms with Gasteiger partial charge in [0.25, 0.3) is 0 Å². The molecule has 0 bridgehead atoms. The lowest BCUT2D eigenvalue weighted by molar-refractivity contribution is 0.271. The second-order valence-electron chi connectivity index (χ2n) is 0.713. The Bertz CT molecular complexity index is 168. The molecule has 0 aromatic heterocycles. The predicted octanol–water partition coefficient (Wildman–Crippen LogP) is 0.655. The Balaban J connectivity index is 0. The van der Waals surface area contributed by atoms with Crippen molar-refractivity contribution in [2.75, 3.05) is 0 Å². The molecule has 4 nitrogen and oxygen atoms in total. The molecule has 0 amide bonds. The molecule has 0 saturated heterocycles. The van der Waals surface area contributed by atoms with Crippen molar-refractivity contribution in [2.24, 2.45) is 0 Å². The largest absolute Gasteiger partial charge is 0.363 e. The second-order valence-corrected chi connectivity index (χ2v) is 2.60. The van der Waals surface area contributed by atoms with E-state index < -0.39 is 14.7 Å². The molecule has 0 fully saturated rings. The monoisotopic (exact) mass is 180 g/mol. The zero-order chi connectivity index (χ0) is 6.08. The minimum absolute atomic E-state index is 0. The van der Waals surface area contributed by atoms with Crippen molar-refractivity contribution in [3.05, 3.63) is 0 Å². The summed E-state index contributed by atoms with van der Waals surface area (Å²) < 4.78 is 24.6. The molecule has 1 N–H and O–H groups in total. The Hall–Kier alpha value is 0.160. The molecule has 7 heteroatoms. The number of hydrogen-bond acceptors (Lipinski definition) is 3. The summed E-state index contributed by atoms with van der Waals surface area (Å²) >= 11 is 4.28. The van der Waals surface area contributed by atoms with E-state index in [9.17, 15) is 13.2 Å². The van der Waals surface area contributed by atoms with Crippen LogP contribution in [0.3, 0.4) is 0 Å². The number of hydrogen-bond donors (Lipinski definition) is 1. The van der Waals surface area contributed by atoms with Crippen LogP contribution in [0.1, 0.15) is 0 Å². The standard InChI is InChI=1S/CHClO4S.ClH/c2-1(3)7(4,5)6;/h(H,4,5,6);1H. The van der Waals surface area contributed by atoms with Gasteiger partial charge in [0.05, 0.1) is 0 Å². The lowest BCUT2D eigenvalue weighted by Gasteiger charge is -1.77. The SMILES string of the molecule is Cl.O=C(Cl)S(=O)(=O)O. The number of rotatable bonds is 0. The summed E-state index contributed by atoms with van der Waals surface area (Å²) in [7, 11) is -4.61.